The number of aromatic nitrogens is 2. The van der Waals surface area contributed by atoms with Crippen molar-refractivity contribution >= 4 is 35.9 Å². The minimum Gasteiger partial charge on any atom is -0.469 e. The number of carbonyl (C=O) groups excluding carboxylic acids is 1. The van der Waals surface area contributed by atoms with Crippen molar-refractivity contribution in [2.75, 3.05) is 27.2 Å². The van der Waals surface area contributed by atoms with E-state index in [1.54, 1.807) is 14.0 Å². The molecule has 0 spiro atoms. The van der Waals surface area contributed by atoms with Gasteiger partial charge in [0.25, 0.3) is 0 Å². The summed E-state index contributed by atoms with van der Waals surface area (Å²) >= 11 is 0. The highest BCUT2D eigenvalue weighted by Crippen LogP contribution is 2.18. The zero-order chi connectivity index (χ0) is 15.2. The summed E-state index contributed by atoms with van der Waals surface area (Å²) in [7, 11) is 3.16. The molecule has 1 N–H and O–H groups in total. The first kappa shape index (κ1) is 18.7. The maximum absolute atomic E-state index is 11.5. The van der Waals surface area contributed by atoms with E-state index in [1.807, 2.05) is 0 Å². The Balaban J connectivity index is 0.00000242. The lowest BCUT2D eigenvalue weighted by Gasteiger charge is -2.32. The monoisotopic (exact) mass is 423 g/mol. The van der Waals surface area contributed by atoms with Gasteiger partial charge in [0.15, 0.2) is 11.8 Å². The number of esters is 1. The predicted octanol–water partition coefficient (Wildman–Crippen LogP) is 0.956. The summed E-state index contributed by atoms with van der Waals surface area (Å²) in [6, 6.07) is 0. The smallest absolute Gasteiger partial charge is 0.308 e. The molecule has 8 nitrogen and oxygen atoms in total. The Morgan fingerprint density at radius 2 is 2.18 bits per heavy atom. The number of aryl methyl sites for hydroxylation is 1. The van der Waals surface area contributed by atoms with Crippen LogP contribution in [0.1, 0.15) is 24.6 Å². The van der Waals surface area contributed by atoms with E-state index in [2.05, 4.69) is 25.3 Å². The van der Waals surface area contributed by atoms with Crippen LogP contribution in [0.3, 0.4) is 0 Å². The molecule has 1 saturated heterocycles. The summed E-state index contributed by atoms with van der Waals surface area (Å²) in [6.45, 7) is 3.75. The van der Waals surface area contributed by atoms with E-state index < -0.39 is 0 Å². The fourth-order valence-electron chi connectivity index (χ4n) is 2.40. The van der Waals surface area contributed by atoms with Crippen molar-refractivity contribution in [1.29, 1.82) is 0 Å². The minimum absolute atomic E-state index is 0. The highest BCUT2D eigenvalue weighted by molar-refractivity contribution is 14.0. The summed E-state index contributed by atoms with van der Waals surface area (Å²) in [5.41, 5.74) is 0. The predicted molar refractivity (Wildman–Crippen MR) is 91.0 cm³/mol. The van der Waals surface area contributed by atoms with Gasteiger partial charge in [-0.15, -0.1) is 24.0 Å². The van der Waals surface area contributed by atoms with E-state index in [0.717, 1.165) is 31.9 Å². The molecule has 0 saturated carbocycles. The SMILES string of the molecule is CN=C(NCc1noc(C)n1)N1CCC(C(=O)OC)CC1.I. The van der Waals surface area contributed by atoms with Crippen molar-refractivity contribution in [2.24, 2.45) is 10.9 Å². The molecule has 2 rings (SSSR count). The third kappa shape index (κ3) is 4.82. The van der Waals surface area contributed by atoms with Gasteiger partial charge in [0, 0.05) is 27.1 Å². The molecule has 1 aliphatic heterocycles. The second kappa shape index (κ2) is 8.91. The molecule has 0 radical (unpaired) electrons. The first-order chi connectivity index (χ1) is 10.1. The molecule has 0 unspecified atom stereocenters. The molecule has 0 amide bonds. The fourth-order valence-corrected chi connectivity index (χ4v) is 2.40. The average Bonchev–Trinajstić information content (AvgIpc) is 2.93. The van der Waals surface area contributed by atoms with Crippen molar-refractivity contribution in [3.8, 4) is 0 Å². The van der Waals surface area contributed by atoms with E-state index >= 15 is 0 Å². The summed E-state index contributed by atoms with van der Waals surface area (Å²) in [4.78, 5) is 22.0. The molecule has 1 fully saturated rings. The highest BCUT2D eigenvalue weighted by Gasteiger charge is 2.26. The van der Waals surface area contributed by atoms with Crippen molar-refractivity contribution < 1.29 is 14.1 Å². The van der Waals surface area contributed by atoms with Gasteiger partial charge in [0.1, 0.15) is 0 Å². The van der Waals surface area contributed by atoms with Gasteiger partial charge in [0.2, 0.25) is 5.89 Å². The molecule has 2 heterocycles. The third-order valence-electron chi connectivity index (χ3n) is 3.52. The van der Waals surface area contributed by atoms with Crippen LogP contribution in [0.5, 0.6) is 0 Å². The van der Waals surface area contributed by atoms with Gasteiger partial charge in [-0.3, -0.25) is 9.79 Å². The number of aliphatic imine (C=N–C) groups is 1. The van der Waals surface area contributed by atoms with E-state index in [1.165, 1.54) is 7.11 Å². The number of ether oxygens (including phenoxy) is 1. The van der Waals surface area contributed by atoms with Crippen molar-refractivity contribution in [1.82, 2.24) is 20.4 Å². The lowest BCUT2D eigenvalue weighted by Crippen LogP contribution is -2.46. The lowest BCUT2D eigenvalue weighted by molar-refractivity contribution is -0.146. The van der Waals surface area contributed by atoms with Crippen LogP contribution in [-0.2, 0) is 16.1 Å². The van der Waals surface area contributed by atoms with Crippen LogP contribution in [0.2, 0.25) is 0 Å². The number of carbonyl (C=O) groups is 1. The number of hydrogen-bond acceptors (Lipinski definition) is 6. The number of hydrogen-bond donors (Lipinski definition) is 1. The zero-order valence-corrected chi connectivity index (χ0v) is 15.4. The number of methoxy groups -OCH3 is 1. The van der Waals surface area contributed by atoms with E-state index in [9.17, 15) is 4.79 Å². The quantitative estimate of drug-likeness (QED) is 0.335. The van der Waals surface area contributed by atoms with Crippen molar-refractivity contribution in [2.45, 2.75) is 26.3 Å². The Morgan fingerprint density at radius 3 is 2.68 bits per heavy atom. The molecule has 0 aromatic carbocycles. The Bertz CT molecular complexity index is 512. The summed E-state index contributed by atoms with van der Waals surface area (Å²) in [5, 5.41) is 7.03. The number of piperidine rings is 1. The molecule has 9 heteroatoms. The largest absolute Gasteiger partial charge is 0.469 e. The number of rotatable bonds is 3. The third-order valence-corrected chi connectivity index (χ3v) is 3.52. The Labute approximate surface area is 146 Å². The van der Waals surface area contributed by atoms with Crippen molar-refractivity contribution in [3.63, 3.8) is 0 Å². The van der Waals surface area contributed by atoms with Crippen molar-refractivity contribution in [3.05, 3.63) is 11.7 Å². The van der Waals surface area contributed by atoms with Gasteiger partial charge in [-0.25, -0.2) is 0 Å². The molecule has 1 aliphatic rings. The van der Waals surface area contributed by atoms with E-state index in [4.69, 9.17) is 9.26 Å². The Hall–Kier alpha value is -1.39. The van der Waals surface area contributed by atoms with Gasteiger partial charge < -0.3 is 19.5 Å². The second-order valence-electron chi connectivity index (χ2n) is 4.91. The Kier molecular flexibility index (Phi) is 7.56. The molecule has 0 aliphatic carbocycles. The first-order valence-electron chi connectivity index (χ1n) is 6.96. The molecular formula is C13H22IN5O3. The van der Waals surface area contributed by atoms with Gasteiger partial charge in [0.05, 0.1) is 19.6 Å². The van der Waals surface area contributed by atoms with Gasteiger partial charge in [-0.2, -0.15) is 4.98 Å². The van der Waals surface area contributed by atoms with Gasteiger partial charge in [-0.1, -0.05) is 5.16 Å². The van der Waals surface area contributed by atoms with Gasteiger partial charge >= 0.3 is 5.97 Å². The van der Waals surface area contributed by atoms with Crippen LogP contribution < -0.4 is 5.32 Å². The van der Waals surface area contributed by atoms with Crippen LogP contribution in [0.15, 0.2) is 9.52 Å². The van der Waals surface area contributed by atoms with Crippen LogP contribution >= 0.6 is 24.0 Å². The van der Waals surface area contributed by atoms with Gasteiger partial charge in [-0.05, 0) is 12.8 Å². The standard InChI is InChI=1S/C13H21N5O3.HI/c1-9-16-11(17-21-9)8-15-13(14-2)18-6-4-10(5-7-18)12(19)20-3;/h10H,4-8H2,1-3H3,(H,14,15);1H. The average molecular weight is 423 g/mol. The molecule has 22 heavy (non-hydrogen) atoms. The number of nitrogens with zero attached hydrogens (tertiary/aromatic N) is 4. The van der Waals surface area contributed by atoms with E-state index in [0.29, 0.717) is 18.3 Å². The normalized spacial score (nSPS) is 16.1. The van der Waals surface area contributed by atoms with Crippen LogP contribution in [0.25, 0.3) is 0 Å². The molecule has 124 valence electrons. The van der Waals surface area contributed by atoms with E-state index in [-0.39, 0.29) is 35.9 Å². The topological polar surface area (TPSA) is 92.9 Å². The molecule has 1 aromatic rings. The second-order valence-corrected chi connectivity index (χ2v) is 4.91. The minimum atomic E-state index is -0.125. The first-order valence-corrected chi connectivity index (χ1v) is 6.96. The lowest BCUT2D eigenvalue weighted by atomic mass is 9.97. The van der Waals surface area contributed by atoms with Crippen LogP contribution in [0, 0.1) is 12.8 Å². The highest BCUT2D eigenvalue weighted by atomic mass is 127. The number of guanidine groups is 1. The van der Waals surface area contributed by atoms with Crippen LogP contribution in [0.4, 0.5) is 0 Å². The summed E-state index contributed by atoms with van der Waals surface area (Å²) in [6.07, 6.45) is 1.55. The summed E-state index contributed by atoms with van der Waals surface area (Å²) < 4.78 is 9.71. The number of likely N-dealkylation sites (tertiary alicyclic amines) is 1. The maximum atomic E-state index is 11.5. The molecule has 0 atom stereocenters. The maximum Gasteiger partial charge on any atom is 0.308 e. The Morgan fingerprint density at radius 1 is 1.50 bits per heavy atom. The number of nitrogens with one attached hydrogen (secondary N) is 1. The fraction of sp³-hybridized carbons (Fsp3) is 0.692. The molecule has 1 aromatic heterocycles. The molecule has 0 bridgehead atoms. The zero-order valence-electron chi connectivity index (χ0n) is 13.0. The number of halogens is 1. The summed E-state index contributed by atoms with van der Waals surface area (Å²) in [5.74, 6) is 1.78. The van der Waals surface area contributed by atoms with Crippen LogP contribution in [-0.4, -0.2) is 54.2 Å². The molecular weight excluding hydrogens is 401 g/mol.